The highest BCUT2D eigenvalue weighted by Gasteiger charge is 2.24. The Labute approximate surface area is 132 Å². The minimum atomic E-state index is 0.165. The van der Waals surface area contributed by atoms with Gasteiger partial charge >= 0.3 is 0 Å². The van der Waals surface area contributed by atoms with Crippen molar-refractivity contribution in [2.75, 3.05) is 0 Å². The maximum absolute atomic E-state index is 6.19. The number of aromatic nitrogens is 2. The molecule has 0 saturated carbocycles. The lowest BCUT2D eigenvalue weighted by Gasteiger charge is -2.32. The van der Waals surface area contributed by atoms with Crippen molar-refractivity contribution < 1.29 is 0 Å². The summed E-state index contributed by atoms with van der Waals surface area (Å²) in [6, 6.07) is 6.60. The predicted octanol–water partition coefficient (Wildman–Crippen LogP) is 4.05. The number of nitrogens with one attached hydrogen (secondary N) is 1. The Balaban J connectivity index is 2.03. The quantitative estimate of drug-likeness (QED) is 0.903. The third kappa shape index (κ3) is 4.58. The molecule has 0 spiro atoms. The molecule has 0 amide bonds. The molecule has 1 aromatic heterocycles. The normalized spacial score (nSPS) is 13.4. The van der Waals surface area contributed by atoms with E-state index in [0.29, 0.717) is 6.04 Å². The number of rotatable bonds is 5. The molecule has 0 aliphatic rings. The van der Waals surface area contributed by atoms with Gasteiger partial charge in [-0.3, -0.25) is 0 Å². The van der Waals surface area contributed by atoms with Gasteiger partial charge in [0.15, 0.2) is 0 Å². The largest absolute Gasteiger partial charge is 0.336 e. The minimum Gasteiger partial charge on any atom is -0.336 e. The van der Waals surface area contributed by atoms with E-state index in [9.17, 15) is 0 Å². The number of benzene rings is 1. The number of hydrogen-bond acceptors (Lipinski definition) is 2. The molecule has 1 heterocycles. The van der Waals surface area contributed by atoms with Gasteiger partial charge in [-0.2, -0.15) is 0 Å². The topological polar surface area (TPSA) is 29.9 Å². The Hall–Kier alpha value is -1.32. The van der Waals surface area contributed by atoms with E-state index in [1.165, 1.54) is 5.56 Å². The summed E-state index contributed by atoms with van der Waals surface area (Å²) in [5.41, 5.74) is 2.50. The number of aryl methyl sites for hydroxylation is 1. The van der Waals surface area contributed by atoms with Gasteiger partial charge in [-0.15, -0.1) is 0 Å². The molecule has 1 unspecified atom stereocenters. The molecule has 0 fully saturated rings. The molecule has 21 heavy (non-hydrogen) atoms. The van der Waals surface area contributed by atoms with Crippen molar-refractivity contribution in [3.63, 3.8) is 0 Å². The van der Waals surface area contributed by atoms with Crippen LogP contribution in [-0.4, -0.2) is 15.6 Å². The number of hydrogen-bond donors (Lipinski definition) is 1. The van der Waals surface area contributed by atoms with Crippen LogP contribution in [0.3, 0.4) is 0 Å². The lowest BCUT2D eigenvalue weighted by Crippen LogP contribution is -2.42. The van der Waals surface area contributed by atoms with Crippen LogP contribution in [0.25, 0.3) is 0 Å². The van der Waals surface area contributed by atoms with Crippen LogP contribution < -0.4 is 5.32 Å². The summed E-state index contributed by atoms with van der Waals surface area (Å²) in [5, 5.41) is 4.48. The second-order valence-corrected chi connectivity index (χ2v) is 7.05. The van der Waals surface area contributed by atoms with Gasteiger partial charge in [-0.1, -0.05) is 44.5 Å². The summed E-state index contributed by atoms with van der Waals surface area (Å²) < 4.78 is 2.12. The Morgan fingerprint density at radius 1 is 1.33 bits per heavy atom. The molecule has 0 aliphatic heterocycles. The van der Waals surface area contributed by atoms with Crippen LogP contribution in [0.1, 0.15) is 31.9 Å². The monoisotopic (exact) mass is 305 g/mol. The van der Waals surface area contributed by atoms with Crippen LogP contribution in [0.5, 0.6) is 0 Å². The SMILES string of the molecule is Cc1ccc(CNC(Cn2ccnc2)C(C)(C)C)cc1Cl. The lowest BCUT2D eigenvalue weighted by atomic mass is 9.86. The Morgan fingerprint density at radius 2 is 2.10 bits per heavy atom. The van der Waals surface area contributed by atoms with E-state index in [0.717, 1.165) is 23.7 Å². The molecule has 0 radical (unpaired) electrons. The molecule has 1 N–H and O–H groups in total. The molecule has 4 heteroatoms. The first-order valence-corrected chi connectivity index (χ1v) is 7.68. The van der Waals surface area contributed by atoms with Crippen molar-refractivity contribution in [1.29, 1.82) is 0 Å². The van der Waals surface area contributed by atoms with E-state index in [1.807, 2.05) is 31.7 Å². The summed E-state index contributed by atoms with van der Waals surface area (Å²) >= 11 is 6.19. The molecule has 1 atom stereocenters. The highest BCUT2D eigenvalue weighted by Crippen LogP contribution is 2.22. The van der Waals surface area contributed by atoms with Gasteiger partial charge in [0.05, 0.1) is 6.33 Å². The smallest absolute Gasteiger partial charge is 0.0946 e. The van der Waals surface area contributed by atoms with Crippen LogP contribution >= 0.6 is 11.6 Å². The molecule has 0 bridgehead atoms. The fraction of sp³-hybridized carbons (Fsp3) is 0.471. The van der Waals surface area contributed by atoms with E-state index < -0.39 is 0 Å². The van der Waals surface area contributed by atoms with Gasteiger partial charge < -0.3 is 9.88 Å². The number of halogens is 1. The van der Waals surface area contributed by atoms with E-state index in [-0.39, 0.29) is 5.41 Å². The summed E-state index contributed by atoms with van der Waals surface area (Å²) in [6.45, 7) is 10.5. The average Bonchev–Trinajstić information content (AvgIpc) is 2.90. The van der Waals surface area contributed by atoms with Crippen LogP contribution in [0.2, 0.25) is 5.02 Å². The molecular weight excluding hydrogens is 282 g/mol. The zero-order valence-corrected chi connectivity index (χ0v) is 14.0. The van der Waals surface area contributed by atoms with Crippen molar-refractivity contribution in [2.45, 2.75) is 46.8 Å². The van der Waals surface area contributed by atoms with Crippen LogP contribution in [-0.2, 0) is 13.1 Å². The summed E-state index contributed by atoms with van der Waals surface area (Å²) in [6.07, 6.45) is 5.69. The van der Waals surface area contributed by atoms with E-state index in [1.54, 1.807) is 0 Å². The first kappa shape index (κ1) is 16.1. The van der Waals surface area contributed by atoms with Gasteiger partial charge in [-0.25, -0.2) is 4.98 Å². The Kier molecular flexibility index (Phi) is 5.07. The zero-order valence-electron chi connectivity index (χ0n) is 13.2. The third-order valence-corrected chi connectivity index (χ3v) is 4.19. The molecule has 0 aliphatic carbocycles. The summed E-state index contributed by atoms with van der Waals surface area (Å²) in [5.74, 6) is 0. The molecular formula is C17H24ClN3. The molecule has 0 saturated heterocycles. The maximum atomic E-state index is 6.19. The standard InChI is InChI=1S/C17H24ClN3/c1-13-5-6-14(9-15(13)18)10-20-16(17(2,3)4)11-21-8-7-19-12-21/h5-9,12,16,20H,10-11H2,1-4H3. The molecule has 2 aromatic rings. The number of imidazole rings is 1. The van der Waals surface area contributed by atoms with Crippen LogP contribution in [0.4, 0.5) is 0 Å². The first-order chi connectivity index (χ1) is 9.86. The highest BCUT2D eigenvalue weighted by molar-refractivity contribution is 6.31. The van der Waals surface area contributed by atoms with Gasteiger partial charge in [0, 0.05) is 36.5 Å². The highest BCUT2D eigenvalue weighted by atomic mass is 35.5. The average molecular weight is 306 g/mol. The molecule has 1 aromatic carbocycles. The van der Waals surface area contributed by atoms with Crippen molar-refractivity contribution in [2.24, 2.45) is 5.41 Å². The van der Waals surface area contributed by atoms with Gasteiger partial charge in [0.25, 0.3) is 0 Å². The van der Waals surface area contributed by atoms with Gasteiger partial charge in [-0.05, 0) is 29.5 Å². The summed E-state index contributed by atoms with van der Waals surface area (Å²) in [7, 11) is 0. The molecule has 114 valence electrons. The van der Waals surface area contributed by atoms with Crippen LogP contribution in [0, 0.1) is 12.3 Å². The lowest BCUT2D eigenvalue weighted by molar-refractivity contribution is 0.240. The fourth-order valence-electron chi connectivity index (χ4n) is 2.24. The Morgan fingerprint density at radius 3 is 2.67 bits per heavy atom. The summed E-state index contributed by atoms with van der Waals surface area (Å²) in [4.78, 5) is 4.11. The van der Waals surface area contributed by atoms with E-state index in [4.69, 9.17) is 11.6 Å². The van der Waals surface area contributed by atoms with Gasteiger partial charge in [0.2, 0.25) is 0 Å². The van der Waals surface area contributed by atoms with Gasteiger partial charge in [0.1, 0.15) is 0 Å². The minimum absolute atomic E-state index is 0.165. The molecule has 2 rings (SSSR count). The van der Waals surface area contributed by atoms with Crippen molar-refractivity contribution in [3.8, 4) is 0 Å². The van der Waals surface area contributed by atoms with E-state index >= 15 is 0 Å². The fourth-order valence-corrected chi connectivity index (χ4v) is 2.44. The maximum Gasteiger partial charge on any atom is 0.0946 e. The zero-order chi connectivity index (χ0) is 15.5. The third-order valence-electron chi connectivity index (χ3n) is 3.79. The van der Waals surface area contributed by atoms with Crippen molar-refractivity contribution in [3.05, 3.63) is 53.1 Å². The molecule has 3 nitrogen and oxygen atoms in total. The number of nitrogens with zero attached hydrogens (tertiary/aromatic N) is 2. The first-order valence-electron chi connectivity index (χ1n) is 7.30. The van der Waals surface area contributed by atoms with Crippen molar-refractivity contribution in [1.82, 2.24) is 14.9 Å². The Bertz CT molecular complexity index is 570. The predicted molar refractivity (Wildman–Crippen MR) is 88.5 cm³/mol. The second kappa shape index (κ2) is 6.63. The van der Waals surface area contributed by atoms with Crippen molar-refractivity contribution >= 4 is 11.6 Å². The van der Waals surface area contributed by atoms with E-state index in [2.05, 4.69) is 47.8 Å². The van der Waals surface area contributed by atoms with Crippen LogP contribution in [0.15, 0.2) is 36.9 Å². The second-order valence-electron chi connectivity index (χ2n) is 6.64.